The van der Waals surface area contributed by atoms with Crippen molar-refractivity contribution in [2.45, 2.75) is 203 Å². The number of nitrogens with zero attached hydrogens (tertiary/aromatic N) is 15. The highest BCUT2D eigenvalue weighted by molar-refractivity contribution is 5.85. The molecule has 6 aromatic rings. The van der Waals surface area contributed by atoms with E-state index in [0.717, 1.165) is 47.9 Å². The van der Waals surface area contributed by atoms with Crippen LogP contribution in [0.25, 0.3) is 39.6 Å². The van der Waals surface area contributed by atoms with Crippen LogP contribution in [0.4, 0.5) is 17.5 Å². The van der Waals surface area contributed by atoms with Crippen molar-refractivity contribution in [2.75, 3.05) is 121 Å². The fraction of sp³-hybridized carbons (Fsp3) is 0.742. The Morgan fingerprint density at radius 2 is 1.11 bits per heavy atom. The summed E-state index contributed by atoms with van der Waals surface area (Å²) in [7, 11) is 17.2. The lowest BCUT2D eigenvalue weighted by molar-refractivity contribution is -0.141. The lowest BCUT2D eigenvalue weighted by Crippen LogP contribution is -2.59. The molecule has 6 fully saturated rings. The molecule has 10 heterocycles. The van der Waals surface area contributed by atoms with Crippen LogP contribution in [-0.2, 0) is 37.9 Å². The van der Waals surface area contributed by atoms with Gasteiger partial charge < -0.3 is 90.3 Å². The maximum absolute atomic E-state index is 9.65. The zero-order chi connectivity index (χ0) is 72.9. The summed E-state index contributed by atoms with van der Waals surface area (Å²) in [5.41, 5.74) is 21.9. The molecule has 4 aliphatic heterocycles. The Bertz CT molecular complexity index is 3400. The fourth-order valence-corrected chi connectivity index (χ4v) is 13.3. The van der Waals surface area contributed by atoms with Crippen LogP contribution in [0, 0.1) is 11.3 Å². The molecule has 6 aromatic heterocycles. The standard InChI is InChI=1S/C12H17N5O.C11H22O2.C10H13N5O.C9H11N5O.3C8H17NO3/c1-3-7-9(4-10(7)18-2)17-12-8(5-16-17)11(13)14-6-15-12;1-9(2)7-11(5,8-12-6)13-10(9,3)4;1-7(4-16-2)3-15-6-14-8-9(11)12-5-13-10(8)15;1-15-6-2-5(6)14-4-13-7-8(10)11-3-12-9(7)14;1-5-8(12-3)7(11)6(10)4-9(5)2;1-5-7(10)8(11)6(12-3)4-9(5)2;1-5-7(11)8(12-3)6(10)4-9(5)2/h5-7,9-10H,3-4H2,1-2H3,(H2,13,14,15);7-8H2,1-6H3;3,5-6H,4H2,1-2H3,(H2,11,12,13);3-6H,2H2,1H3,(H2,10,11,12);3*5-8,10-11H,4H2,1-3H3/t7-,9?,10?;11-;;;5-,6+,7-,8+;2*5-,6+,7+,8-/m00..111/s1. The van der Waals surface area contributed by atoms with Gasteiger partial charge in [-0.3, -0.25) is 19.3 Å². The van der Waals surface area contributed by atoms with E-state index in [0.29, 0.717) is 91.1 Å². The maximum atomic E-state index is 9.65. The molecule has 32 heteroatoms. The predicted molar refractivity (Wildman–Crippen MR) is 372 cm³/mol. The minimum absolute atomic E-state index is 0.00796. The monoisotopic (exact) mass is 1380 g/mol. The van der Waals surface area contributed by atoms with Crippen molar-refractivity contribution in [3.63, 3.8) is 0 Å². The van der Waals surface area contributed by atoms with Gasteiger partial charge in [0.05, 0.1) is 97.1 Å². The third-order valence-corrected chi connectivity index (χ3v) is 20.2. The summed E-state index contributed by atoms with van der Waals surface area (Å²) < 4.78 is 47.9. The summed E-state index contributed by atoms with van der Waals surface area (Å²) in [6, 6.07) is 0.874. The second-order valence-electron chi connectivity index (χ2n) is 27.8. The van der Waals surface area contributed by atoms with Crippen LogP contribution < -0.4 is 17.2 Å². The molecule has 6 aliphatic rings. The van der Waals surface area contributed by atoms with Crippen molar-refractivity contribution >= 4 is 57.0 Å². The maximum Gasteiger partial charge on any atom is 0.169 e. The van der Waals surface area contributed by atoms with Gasteiger partial charge in [-0.25, -0.2) is 44.6 Å². The molecular weight excluding hydrogens is 1270 g/mol. The Balaban J connectivity index is 0.000000182. The van der Waals surface area contributed by atoms with Gasteiger partial charge in [0.25, 0.3) is 0 Å². The number of fused-ring (bicyclic) bond motifs is 3. The van der Waals surface area contributed by atoms with E-state index in [1.165, 1.54) is 26.1 Å². The summed E-state index contributed by atoms with van der Waals surface area (Å²) in [4.78, 5) is 38.6. The number of ether oxygens (including phenoxy) is 8. The van der Waals surface area contributed by atoms with Crippen LogP contribution in [0.3, 0.4) is 0 Å². The second kappa shape index (κ2) is 35.6. The Morgan fingerprint density at radius 1 is 0.582 bits per heavy atom. The largest absolute Gasteiger partial charge is 0.389 e. The molecule has 0 aromatic carbocycles. The van der Waals surface area contributed by atoms with Crippen molar-refractivity contribution in [3.8, 4) is 0 Å². The predicted octanol–water partition coefficient (Wildman–Crippen LogP) is 2.47. The number of nitrogen functional groups attached to an aromatic ring is 3. The quantitative estimate of drug-likeness (QED) is 0.0802. The van der Waals surface area contributed by atoms with Crippen LogP contribution in [0.15, 0.2) is 43.4 Å². The first kappa shape index (κ1) is 81.1. The van der Waals surface area contributed by atoms with Crippen molar-refractivity contribution in [3.05, 3.63) is 43.4 Å². The van der Waals surface area contributed by atoms with E-state index in [-0.39, 0.29) is 53.1 Å². The van der Waals surface area contributed by atoms with E-state index in [1.807, 2.05) is 83.6 Å². The average molecular weight is 1380 g/mol. The van der Waals surface area contributed by atoms with Gasteiger partial charge in [-0.1, -0.05) is 20.8 Å². The molecule has 98 heavy (non-hydrogen) atoms. The number of aliphatic hydroxyl groups is 6. The molecular formula is C66H114N18O14. The van der Waals surface area contributed by atoms with Crippen molar-refractivity contribution in [2.24, 2.45) is 11.3 Å². The van der Waals surface area contributed by atoms with Crippen LogP contribution in [0.1, 0.15) is 107 Å². The summed E-state index contributed by atoms with van der Waals surface area (Å²) >= 11 is 0. The number of aliphatic hydroxyl groups excluding tert-OH is 6. The first-order valence-electron chi connectivity index (χ1n) is 33.2. The first-order chi connectivity index (χ1) is 46.2. The fourth-order valence-electron chi connectivity index (χ4n) is 13.3. The lowest BCUT2D eigenvalue weighted by Gasteiger charge is -2.43. The van der Waals surface area contributed by atoms with Gasteiger partial charge in [-0.05, 0) is 106 Å². The van der Waals surface area contributed by atoms with Gasteiger partial charge in [-0.2, -0.15) is 5.10 Å². The number of hydrogen-bond donors (Lipinski definition) is 9. The van der Waals surface area contributed by atoms with Crippen molar-refractivity contribution in [1.82, 2.24) is 73.5 Å². The lowest BCUT2D eigenvalue weighted by atomic mass is 9.74. The highest BCUT2D eigenvalue weighted by atomic mass is 16.6. The van der Waals surface area contributed by atoms with Gasteiger partial charge in [0.2, 0.25) is 0 Å². The van der Waals surface area contributed by atoms with Gasteiger partial charge in [0, 0.05) is 99.6 Å². The number of hydrogen-bond acceptors (Lipinski definition) is 29. The zero-order valence-electron chi connectivity index (χ0n) is 61.1. The van der Waals surface area contributed by atoms with E-state index in [2.05, 4.69) is 86.5 Å². The topological polar surface area (TPSA) is 414 Å². The average Bonchev–Trinajstić information content (AvgIpc) is 1.51. The van der Waals surface area contributed by atoms with E-state index in [9.17, 15) is 30.6 Å². The second-order valence-corrected chi connectivity index (χ2v) is 27.8. The molecule has 4 saturated heterocycles. The van der Waals surface area contributed by atoms with E-state index in [4.69, 9.17) is 55.1 Å². The Hall–Kier alpha value is -5.89. The van der Waals surface area contributed by atoms with Gasteiger partial charge >= 0.3 is 0 Å². The third kappa shape index (κ3) is 19.2. The van der Waals surface area contributed by atoms with E-state index < -0.39 is 42.7 Å². The molecule has 0 amide bonds. The molecule has 12 rings (SSSR count). The Morgan fingerprint density at radius 3 is 1.66 bits per heavy atom. The van der Waals surface area contributed by atoms with Crippen molar-refractivity contribution in [1.29, 1.82) is 0 Å². The molecule has 552 valence electrons. The summed E-state index contributed by atoms with van der Waals surface area (Å²) in [6.45, 7) is 23.9. The highest BCUT2D eigenvalue weighted by Crippen LogP contribution is 2.51. The molecule has 4 unspecified atom stereocenters. The minimum Gasteiger partial charge on any atom is -0.389 e. The van der Waals surface area contributed by atoms with Crippen LogP contribution in [0.5, 0.6) is 0 Å². The number of likely N-dealkylation sites (tertiary alicyclic amines) is 3. The van der Waals surface area contributed by atoms with E-state index in [1.54, 1.807) is 61.5 Å². The first-order valence-corrected chi connectivity index (χ1v) is 33.2. The molecule has 2 saturated carbocycles. The molecule has 32 nitrogen and oxygen atoms in total. The van der Waals surface area contributed by atoms with Gasteiger partial charge in [-0.15, -0.1) is 0 Å². The summed E-state index contributed by atoms with van der Waals surface area (Å²) in [5, 5.41) is 62.4. The van der Waals surface area contributed by atoms with Crippen LogP contribution in [0.2, 0.25) is 0 Å². The molecule has 0 bridgehead atoms. The van der Waals surface area contributed by atoms with Gasteiger partial charge in [0.1, 0.15) is 61.1 Å². The number of methoxy groups -OCH3 is 7. The number of likely N-dealkylation sites (N-methyl/N-ethyl adjacent to an activating group) is 3. The molecule has 2 aliphatic carbocycles. The van der Waals surface area contributed by atoms with Crippen molar-refractivity contribution < 1.29 is 68.5 Å². The Labute approximate surface area is 576 Å². The van der Waals surface area contributed by atoms with E-state index >= 15 is 0 Å². The summed E-state index contributed by atoms with van der Waals surface area (Å²) in [6.07, 6.45) is 11.0. The smallest absolute Gasteiger partial charge is 0.169 e. The summed E-state index contributed by atoms with van der Waals surface area (Å²) in [5.74, 6) is 1.80. The minimum atomic E-state index is -0.763. The van der Waals surface area contributed by atoms with Crippen LogP contribution >= 0.6 is 0 Å². The number of piperidine rings is 3. The van der Waals surface area contributed by atoms with Crippen LogP contribution in [-0.4, -0.2) is 304 Å². The molecule has 18 atom stereocenters. The normalized spacial score (nSPS) is 32.1. The zero-order valence-corrected chi connectivity index (χ0v) is 61.1. The number of nitrogens with two attached hydrogens (primary N) is 3. The number of aromatic nitrogens is 12. The number of β-amino-alcohol motifs (C(OH)–C–C–N with tert-alkyl or cyclic N) is 2. The molecule has 12 N–H and O–H groups in total. The highest BCUT2D eigenvalue weighted by Gasteiger charge is 2.53. The third-order valence-electron chi connectivity index (χ3n) is 20.2. The number of rotatable bonds is 13. The SMILES string of the molecule is CC[C@@H]1C(OC)CC1n1ncc2c(N)ncnc21.COC1CC1n1cnc2c(N)ncnc21.COCC(C)=Cn1cnc2c(N)ncnc21.COC[C@]1(C)CC(C)(C)C(C)(C)O1.CO[C@@H]1[C@H](O)[C@@H](O)CN(C)[C@@H]1C.CO[C@H]1CN(C)[C@H](C)[C@H](O)[C@@H]1O.CO[C@H]1[C@@H](O)[C@@H](C)N(C)C[C@@H]1O. The number of imidazole rings is 2. The Kier molecular flexibility index (Phi) is 29.5. The molecule has 0 spiro atoms. The van der Waals surface area contributed by atoms with Gasteiger partial charge in [0.15, 0.2) is 34.1 Å². The molecule has 0 radical (unpaired) electrons. The number of anilines is 3.